The number of hydrogen-bond donors (Lipinski definition) is 0. The molecule has 0 atom stereocenters. The van der Waals surface area contributed by atoms with Crippen LogP contribution in [-0.2, 0) is 0 Å². The Hall–Kier alpha value is -4.94. The van der Waals surface area contributed by atoms with Crippen molar-refractivity contribution in [2.75, 3.05) is 0 Å². The molecule has 0 heterocycles. The Morgan fingerprint density at radius 2 is 0.711 bits per heavy atom. The Morgan fingerprint density at radius 1 is 0.316 bits per heavy atom. The van der Waals surface area contributed by atoms with E-state index in [0.29, 0.717) is 0 Å². The lowest BCUT2D eigenvalue weighted by atomic mass is 9.80. The summed E-state index contributed by atoms with van der Waals surface area (Å²) < 4.78 is 0. The van der Waals surface area contributed by atoms with Crippen LogP contribution in [0, 0.1) is 0 Å². The molecule has 180 valence electrons. The molecule has 0 saturated carbocycles. The van der Waals surface area contributed by atoms with Crippen molar-refractivity contribution in [1.29, 1.82) is 0 Å². The highest BCUT2D eigenvalue weighted by atomic mass is 14.2. The van der Waals surface area contributed by atoms with E-state index >= 15 is 0 Å². The van der Waals surface area contributed by atoms with Crippen LogP contribution in [0.3, 0.4) is 0 Å². The minimum absolute atomic E-state index is 1.18. The van der Waals surface area contributed by atoms with Crippen LogP contribution in [0.1, 0.15) is 11.1 Å². The van der Waals surface area contributed by atoms with E-state index < -0.39 is 0 Å². The van der Waals surface area contributed by atoms with Gasteiger partial charge in [0.25, 0.3) is 0 Å². The van der Waals surface area contributed by atoms with E-state index in [4.69, 9.17) is 0 Å². The quantitative estimate of drug-likeness (QED) is 0.206. The Balaban J connectivity index is 1.76. The molecule has 0 N–H and O–H groups in total. The van der Waals surface area contributed by atoms with Gasteiger partial charge in [0.1, 0.15) is 0 Å². The van der Waals surface area contributed by atoms with Crippen molar-refractivity contribution < 1.29 is 0 Å². The van der Waals surface area contributed by atoms with Crippen molar-refractivity contribution in [1.82, 2.24) is 0 Å². The zero-order chi connectivity index (χ0) is 25.6. The maximum absolute atomic E-state index is 2.37. The van der Waals surface area contributed by atoms with Gasteiger partial charge >= 0.3 is 0 Å². The van der Waals surface area contributed by atoms with Gasteiger partial charge in [-0.25, -0.2) is 0 Å². The average Bonchev–Trinajstić information content (AvgIpc) is 3.01. The predicted molar refractivity (Wildman–Crippen MR) is 164 cm³/mol. The highest BCUT2D eigenvalue weighted by molar-refractivity contribution is 6.05. The summed E-state index contributed by atoms with van der Waals surface area (Å²) in [4.78, 5) is 0. The van der Waals surface area contributed by atoms with Crippen molar-refractivity contribution >= 4 is 12.2 Å². The summed E-state index contributed by atoms with van der Waals surface area (Å²) in [6.07, 6.45) is 4.48. The number of hydrogen-bond acceptors (Lipinski definition) is 0. The molecule has 6 rings (SSSR count). The van der Waals surface area contributed by atoms with Crippen molar-refractivity contribution in [3.8, 4) is 44.5 Å². The van der Waals surface area contributed by atoms with E-state index in [1.807, 2.05) is 0 Å². The van der Waals surface area contributed by atoms with Crippen LogP contribution < -0.4 is 0 Å². The summed E-state index contributed by atoms with van der Waals surface area (Å²) >= 11 is 0. The second kappa shape index (κ2) is 11.0. The summed E-state index contributed by atoms with van der Waals surface area (Å²) in [6, 6.07) is 56.0. The molecule has 0 heteroatoms. The third-order valence-corrected chi connectivity index (χ3v) is 6.88. The maximum Gasteiger partial charge on any atom is -0.00145 e. The van der Waals surface area contributed by atoms with Crippen LogP contribution in [0.25, 0.3) is 56.7 Å². The van der Waals surface area contributed by atoms with Gasteiger partial charge in [-0.15, -0.1) is 0 Å². The highest BCUT2D eigenvalue weighted by Gasteiger charge is 2.21. The molecule has 0 nitrogen and oxygen atoms in total. The Labute approximate surface area is 225 Å². The Kier molecular flexibility index (Phi) is 6.78. The lowest BCUT2D eigenvalue weighted by Gasteiger charge is -2.23. The monoisotopic (exact) mass is 484 g/mol. The van der Waals surface area contributed by atoms with Crippen molar-refractivity contribution in [3.05, 3.63) is 169 Å². The van der Waals surface area contributed by atoms with Crippen molar-refractivity contribution in [2.45, 2.75) is 0 Å². The van der Waals surface area contributed by atoms with Gasteiger partial charge in [-0.3, -0.25) is 0 Å². The molecule has 0 saturated heterocycles. The molecule has 6 aromatic rings. The van der Waals surface area contributed by atoms with Crippen LogP contribution in [-0.4, -0.2) is 0 Å². The summed E-state index contributed by atoms with van der Waals surface area (Å²) in [5, 5.41) is 0. The molecule has 0 fully saturated rings. The lowest BCUT2D eigenvalue weighted by Crippen LogP contribution is -1.97. The average molecular weight is 485 g/mol. The Bertz CT molecular complexity index is 1650. The molecule has 0 aromatic heterocycles. The third kappa shape index (κ3) is 4.85. The highest BCUT2D eigenvalue weighted by Crippen LogP contribution is 2.47. The molecule has 0 unspecified atom stereocenters. The molecule has 0 amide bonds. The first-order valence-electron chi connectivity index (χ1n) is 13.0. The fourth-order valence-corrected chi connectivity index (χ4v) is 5.14. The van der Waals surface area contributed by atoms with Gasteiger partial charge in [0, 0.05) is 0 Å². The van der Waals surface area contributed by atoms with Crippen LogP contribution >= 0.6 is 0 Å². The van der Waals surface area contributed by atoms with Crippen molar-refractivity contribution in [3.63, 3.8) is 0 Å². The van der Waals surface area contributed by atoms with Gasteiger partial charge in [-0.05, 0) is 61.7 Å². The second-order valence-corrected chi connectivity index (χ2v) is 9.35. The SMILES string of the molecule is C(=C/c1cc(-c2ccccc2)c(-c2ccccc2)c(-c2ccccc2)c1-c1ccccc1)/c1ccccc1. The van der Waals surface area contributed by atoms with Gasteiger partial charge in [-0.2, -0.15) is 0 Å². The molecule has 0 radical (unpaired) electrons. The topological polar surface area (TPSA) is 0 Å². The molecule has 38 heavy (non-hydrogen) atoms. The Morgan fingerprint density at radius 3 is 1.21 bits per heavy atom. The van der Waals surface area contributed by atoms with Gasteiger partial charge in [0.2, 0.25) is 0 Å². The molecule has 0 aliphatic carbocycles. The number of benzene rings is 6. The van der Waals surface area contributed by atoms with Crippen LogP contribution in [0.2, 0.25) is 0 Å². The molecule has 0 aliphatic heterocycles. The summed E-state index contributed by atoms with van der Waals surface area (Å²) in [6.45, 7) is 0. The van der Waals surface area contributed by atoms with E-state index in [1.54, 1.807) is 0 Å². The van der Waals surface area contributed by atoms with Gasteiger partial charge < -0.3 is 0 Å². The molecule has 0 aliphatic rings. The summed E-state index contributed by atoms with van der Waals surface area (Å²) in [5.41, 5.74) is 12.2. The minimum atomic E-state index is 1.18. The molecule has 6 aromatic carbocycles. The first-order chi connectivity index (χ1) is 18.9. The first kappa shape index (κ1) is 23.5. The summed E-state index contributed by atoms with van der Waals surface area (Å²) in [7, 11) is 0. The van der Waals surface area contributed by atoms with Crippen molar-refractivity contribution in [2.24, 2.45) is 0 Å². The molecule has 0 bridgehead atoms. The van der Waals surface area contributed by atoms with E-state index in [-0.39, 0.29) is 0 Å². The van der Waals surface area contributed by atoms with E-state index in [9.17, 15) is 0 Å². The van der Waals surface area contributed by atoms with Crippen LogP contribution in [0.5, 0.6) is 0 Å². The summed E-state index contributed by atoms with van der Waals surface area (Å²) in [5.74, 6) is 0. The smallest absolute Gasteiger partial charge is 0.00145 e. The van der Waals surface area contributed by atoms with Gasteiger partial charge in [-0.1, -0.05) is 164 Å². The largest absolute Gasteiger partial charge is 0.0622 e. The molecule has 0 spiro atoms. The first-order valence-corrected chi connectivity index (χ1v) is 13.0. The molecular weight excluding hydrogens is 456 g/mol. The van der Waals surface area contributed by atoms with Crippen LogP contribution in [0.4, 0.5) is 0 Å². The van der Waals surface area contributed by atoms with Gasteiger partial charge in [0.05, 0.1) is 0 Å². The standard InChI is InChI=1S/C38H28/c1-6-16-29(17-7-1)26-27-34-28-35(30-18-8-2-9-19-30)37(32-22-12-4-13-23-32)38(33-24-14-5-15-25-33)36(34)31-20-10-3-11-21-31/h1-28H/b27-26-. The van der Waals surface area contributed by atoms with E-state index in [1.165, 1.54) is 55.6 Å². The zero-order valence-electron chi connectivity index (χ0n) is 21.2. The van der Waals surface area contributed by atoms with E-state index in [2.05, 4.69) is 170 Å². The fraction of sp³-hybridized carbons (Fsp3) is 0. The zero-order valence-corrected chi connectivity index (χ0v) is 21.2. The number of rotatable bonds is 6. The molecular formula is C38H28. The predicted octanol–water partition coefficient (Wildman–Crippen LogP) is 10.5. The van der Waals surface area contributed by atoms with Crippen LogP contribution in [0.15, 0.2) is 158 Å². The fourth-order valence-electron chi connectivity index (χ4n) is 5.14. The second-order valence-electron chi connectivity index (χ2n) is 9.35. The van der Waals surface area contributed by atoms with E-state index in [0.717, 1.165) is 0 Å². The lowest BCUT2D eigenvalue weighted by molar-refractivity contribution is 1.52. The van der Waals surface area contributed by atoms with Gasteiger partial charge in [0.15, 0.2) is 0 Å². The maximum atomic E-state index is 2.37. The minimum Gasteiger partial charge on any atom is -0.0622 e. The normalized spacial score (nSPS) is 11.1. The third-order valence-electron chi connectivity index (χ3n) is 6.88.